The first-order valence-electron chi connectivity index (χ1n) is 5.08. The summed E-state index contributed by atoms with van der Waals surface area (Å²) in [5.41, 5.74) is 5.44. The Hall–Kier alpha value is -0.610. The summed E-state index contributed by atoms with van der Waals surface area (Å²) >= 11 is 0. The molecule has 0 saturated carbocycles. The van der Waals surface area contributed by atoms with Crippen molar-refractivity contribution in [2.24, 2.45) is 11.7 Å². The zero-order valence-corrected chi connectivity index (χ0v) is 9.62. The van der Waals surface area contributed by atoms with Crippen LogP contribution in [0.3, 0.4) is 0 Å². The predicted molar refractivity (Wildman–Crippen MR) is 56.9 cm³/mol. The molecule has 0 aromatic carbocycles. The molecule has 0 aromatic heterocycles. The molecular weight excluding hydrogens is 180 g/mol. The number of nitrogens with two attached hydrogens (primary N) is 1. The van der Waals surface area contributed by atoms with Gasteiger partial charge in [-0.15, -0.1) is 0 Å². The average molecular weight is 202 g/mol. The van der Waals surface area contributed by atoms with Crippen LogP contribution >= 0.6 is 0 Å². The first-order chi connectivity index (χ1) is 6.56. The van der Waals surface area contributed by atoms with Gasteiger partial charge >= 0.3 is 0 Å². The van der Waals surface area contributed by atoms with Gasteiger partial charge in [-0.05, 0) is 12.8 Å². The van der Waals surface area contributed by atoms with Crippen molar-refractivity contribution in [1.82, 2.24) is 4.90 Å². The highest BCUT2D eigenvalue weighted by atomic mass is 16.5. The van der Waals surface area contributed by atoms with Crippen LogP contribution in [0.5, 0.6) is 0 Å². The van der Waals surface area contributed by atoms with E-state index in [1.54, 1.807) is 4.90 Å². The maximum Gasteiger partial charge on any atom is 0.253 e. The van der Waals surface area contributed by atoms with Crippen LogP contribution in [0.15, 0.2) is 0 Å². The number of ether oxygens (including phenoxy) is 1. The summed E-state index contributed by atoms with van der Waals surface area (Å²) in [5.74, 6) is 0.459. The van der Waals surface area contributed by atoms with Gasteiger partial charge in [-0.25, -0.2) is 0 Å². The monoisotopic (exact) mass is 202 g/mol. The molecular formula is C10H22N2O2. The van der Waals surface area contributed by atoms with Crippen LogP contribution in [0.4, 0.5) is 0 Å². The number of rotatable bonds is 6. The molecule has 0 rings (SSSR count). The largest absolute Gasteiger partial charge is 0.370 e. The number of carbonyl (C=O) groups excluding carboxylic acids is 1. The first kappa shape index (κ1) is 13.4. The molecule has 0 bridgehead atoms. The predicted octanol–water partition coefficient (Wildman–Crippen LogP) is 0.465. The molecule has 0 heterocycles. The Balaban J connectivity index is 4.28. The number of methoxy groups -OCH3 is 1. The number of nitrogens with zero attached hydrogens (tertiary/aromatic N) is 1. The van der Waals surface area contributed by atoms with Gasteiger partial charge in [0.1, 0.15) is 6.10 Å². The quantitative estimate of drug-likeness (QED) is 0.681. The van der Waals surface area contributed by atoms with Crippen molar-refractivity contribution in [3.8, 4) is 0 Å². The molecule has 2 N–H and O–H groups in total. The lowest BCUT2D eigenvalue weighted by atomic mass is 10.2. The van der Waals surface area contributed by atoms with E-state index in [9.17, 15) is 4.79 Å². The van der Waals surface area contributed by atoms with Crippen LogP contribution in [0.2, 0.25) is 0 Å². The van der Waals surface area contributed by atoms with Crippen molar-refractivity contribution in [1.29, 1.82) is 0 Å². The SMILES string of the molecule is CCN(CC(C)C)C(=O)C(CN)OC. The van der Waals surface area contributed by atoms with E-state index in [0.29, 0.717) is 12.5 Å². The van der Waals surface area contributed by atoms with Crippen LogP contribution < -0.4 is 5.73 Å². The molecule has 0 saturated heterocycles. The maximum absolute atomic E-state index is 11.8. The Morgan fingerprint density at radius 1 is 1.50 bits per heavy atom. The van der Waals surface area contributed by atoms with Crippen LogP contribution in [0.25, 0.3) is 0 Å². The number of hydrogen-bond donors (Lipinski definition) is 1. The van der Waals surface area contributed by atoms with Crippen LogP contribution in [0, 0.1) is 5.92 Å². The Bertz CT molecular complexity index is 168. The van der Waals surface area contributed by atoms with Crippen molar-refractivity contribution >= 4 is 5.91 Å². The van der Waals surface area contributed by atoms with E-state index in [1.807, 2.05) is 6.92 Å². The summed E-state index contributed by atoms with van der Waals surface area (Å²) < 4.78 is 5.01. The third kappa shape index (κ3) is 4.07. The lowest BCUT2D eigenvalue weighted by Crippen LogP contribution is -2.44. The van der Waals surface area contributed by atoms with Gasteiger partial charge in [0.15, 0.2) is 0 Å². The fourth-order valence-electron chi connectivity index (χ4n) is 1.32. The summed E-state index contributed by atoms with van der Waals surface area (Å²) in [6, 6.07) is 0. The summed E-state index contributed by atoms with van der Waals surface area (Å²) in [4.78, 5) is 13.6. The van der Waals surface area contributed by atoms with Gasteiger partial charge in [-0.2, -0.15) is 0 Å². The second-order valence-electron chi connectivity index (χ2n) is 3.73. The first-order valence-corrected chi connectivity index (χ1v) is 5.08. The molecule has 0 radical (unpaired) electrons. The summed E-state index contributed by atoms with van der Waals surface area (Å²) in [7, 11) is 1.51. The molecule has 1 unspecified atom stereocenters. The van der Waals surface area contributed by atoms with E-state index in [1.165, 1.54) is 7.11 Å². The zero-order valence-electron chi connectivity index (χ0n) is 9.62. The number of likely N-dealkylation sites (N-methyl/N-ethyl adjacent to an activating group) is 1. The van der Waals surface area contributed by atoms with Crippen molar-refractivity contribution in [3.63, 3.8) is 0 Å². The Morgan fingerprint density at radius 3 is 2.36 bits per heavy atom. The number of amides is 1. The van der Waals surface area contributed by atoms with Crippen LogP contribution in [0.1, 0.15) is 20.8 Å². The lowest BCUT2D eigenvalue weighted by Gasteiger charge is -2.26. The highest BCUT2D eigenvalue weighted by molar-refractivity contribution is 5.81. The smallest absolute Gasteiger partial charge is 0.253 e. The highest BCUT2D eigenvalue weighted by Gasteiger charge is 2.21. The van der Waals surface area contributed by atoms with Crippen molar-refractivity contribution in [3.05, 3.63) is 0 Å². The fourth-order valence-corrected chi connectivity index (χ4v) is 1.32. The average Bonchev–Trinajstić information content (AvgIpc) is 2.15. The highest BCUT2D eigenvalue weighted by Crippen LogP contribution is 2.02. The van der Waals surface area contributed by atoms with Gasteiger partial charge in [0.25, 0.3) is 5.91 Å². The third-order valence-electron chi connectivity index (χ3n) is 2.05. The summed E-state index contributed by atoms with van der Waals surface area (Å²) in [6.07, 6.45) is -0.492. The molecule has 14 heavy (non-hydrogen) atoms. The molecule has 1 atom stereocenters. The van der Waals surface area contributed by atoms with Gasteiger partial charge in [-0.3, -0.25) is 4.79 Å². The Kier molecular flexibility index (Phi) is 6.49. The normalized spacial score (nSPS) is 13.0. The Morgan fingerprint density at radius 2 is 2.07 bits per heavy atom. The summed E-state index contributed by atoms with van der Waals surface area (Å²) in [6.45, 7) is 7.83. The van der Waals surface area contributed by atoms with Gasteiger partial charge in [-0.1, -0.05) is 13.8 Å². The number of hydrogen-bond acceptors (Lipinski definition) is 3. The van der Waals surface area contributed by atoms with E-state index in [-0.39, 0.29) is 12.5 Å². The molecule has 0 aliphatic rings. The van der Waals surface area contributed by atoms with E-state index in [0.717, 1.165) is 6.54 Å². The van der Waals surface area contributed by atoms with Crippen molar-refractivity contribution in [2.75, 3.05) is 26.7 Å². The van der Waals surface area contributed by atoms with E-state index < -0.39 is 6.10 Å². The molecule has 0 aromatic rings. The maximum atomic E-state index is 11.8. The van der Waals surface area contributed by atoms with Crippen molar-refractivity contribution in [2.45, 2.75) is 26.9 Å². The molecule has 84 valence electrons. The molecule has 0 aliphatic heterocycles. The van der Waals surface area contributed by atoms with Crippen LogP contribution in [-0.4, -0.2) is 43.7 Å². The second-order valence-corrected chi connectivity index (χ2v) is 3.73. The van der Waals surface area contributed by atoms with Gasteiger partial charge in [0.05, 0.1) is 0 Å². The minimum absolute atomic E-state index is 0.00815. The van der Waals surface area contributed by atoms with E-state index in [4.69, 9.17) is 10.5 Å². The topological polar surface area (TPSA) is 55.6 Å². The minimum atomic E-state index is -0.492. The third-order valence-corrected chi connectivity index (χ3v) is 2.05. The van der Waals surface area contributed by atoms with Crippen molar-refractivity contribution < 1.29 is 9.53 Å². The van der Waals surface area contributed by atoms with E-state index >= 15 is 0 Å². The minimum Gasteiger partial charge on any atom is -0.370 e. The zero-order chi connectivity index (χ0) is 11.1. The standard InChI is InChI=1S/C10H22N2O2/c1-5-12(7-8(2)3)10(13)9(6-11)14-4/h8-9H,5-7,11H2,1-4H3. The number of carbonyl (C=O) groups is 1. The second kappa shape index (κ2) is 6.79. The molecule has 0 spiro atoms. The molecule has 0 fully saturated rings. The molecule has 4 nitrogen and oxygen atoms in total. The Labute approximate surface area is 86.4 Å². The summed E-state index contributed by atoms with van der Waals surface area (Å²) in [5, 5.41) is 0. The van der Waals surface area contributed by atoms with E-state index in [2.05, 4.69) is 13.8 Å². The molecule has 4 heteroatoms. The molecule has 0 aliphatic carbocycles. The molecule has 1 amide bonds. The van der Waals surface area contributed by atoms with Crippen LogP contribution in [-0.2, 0) is 9.53 Å². The fraction of sp³-hybridized carbons (Fsp3) is 0.900. The van der Waals surface area contributed by atoms with Gasteiger partial charge < -0.3 is 15.4 Å². The van der Waals surface area contributed by atoms with Gasteiger partial charge in [0.2, 0.25) is 0 Å². The lowest BCUT2D eigenvalue weighted by molar-refractivity contribution is -0.141. The van der Waals surface area contributed by atoms with Gasteiger partial charge in [0, 0.05) is 26.7 Å².